The van der Waals surface area contributed by atoms with Crippen molar-refractivity contribution in [3.05, 3.63) is 0 Å². The van der Waals surface area contributed by atoms with Gasteiger partial charge in [0, 0.05) is 12.5 Å². The minimum atomic E-state index is -0.274. The molecule has 3 nitrogen and oxygen atoms in total. The van der Waals surface area contributed by atoms with Crippen LogP contribution in [0.2, 0.25) is 0 Å². The average Bonchev–Trinajstić information content (AvgIpc) is 2.35. The molecule has 1 unspecified atom stereocenters. The van der Waals surface area contributed by atoms with Gasteiger partial charge in [0.15, 0.2) is 0 Å². The highest BCUT2D eigenvalue weighted by molar-refractivity contribution is 5.74. The molecule has 0 aliphatic heterocycles. The van der Waals surface area contributed by atoms with Crippen LogP contribution in [0.3, 0.4) is 0 Å². The predicted molar refractivity (Wildman–Crippen MR) is 43.7 cm³/mol. The van der Waals surface area contributed by atoms with Gasteiger partial charge in [-0.15, -0.1) is 0 Å². The summed E-state index contributed by atoms with van der Waals surface area (Å²) >= 11 is 0. The molecule has 3 heteroatoms. The van der Waals surface area contributed by atoms with Gasteiger partial charge in [-0.25, -0.2) is 0 Å². The van der Waals surface area contributed by atoms with Crippen LogP contribution in [0.15, 0.2) is 0 Å². The van der Waals surface area contributed by atoms with E-state index in [0.717, 1.165) is 0 Å². The van der Waals surface area contributed by atoms with Crippen LogP contribution >= 0.6 is 0 Å². The van der Waals surface area contributed by atoms with Gasteiger partial charge in [-0.1, -0.05) is 12.8 Å². The van der Waals surface area contributed by atoms with Crippen molar-refractivity contribution in [2.45, 2.75) is 38.1 Å². The molecule has 1 atom stereocenters. The smallest absolute Gasteiger partial charge is 0.218 e. The normalized spacial score (nSPS) is 21.9. The van der Waals surface area contributed by atoms with Crippen LogP contribution in [0.25, 0.3) is 0 Å². The van der Waals surface area contributed by atoms with Gasteiger partial charge in [0.05, 0.1) is 0 Å². The van der Waals surface area contributed by atoms with Gasteiger partial charge < -0.3 is 11.5 Å². The number of rotatable bonds is 3. The molecule has 1 aliphatic rings. The highest BCUT2D eigenvalue weighted by Gasteiger charge is 2.22. The van der Waals surface area contributed by atoms with Crippen molar-refractivity contribution in [1.29, 1.82) is 0 Å². The number of primary amides is 1. The zero-order valence-corrected chi connectivity index (χ0v) is 6.75. The lowest BCUT2D eigenvalue weighted by Crippen LogP contribution is -2.33. The predicted octanol–water partition coefficient (Wildman–Crippen LogP) is 0.379. The molecule has 0 heterocycles. The van der Waals surface area contributed by atoms with Gasteiger partial charge in [0.25, 0.3) is 0 Å². The largest absolute Gasteiger partial charge is 0.370 e. The topological polar surface area (TPSA) is 69.1 Å². The molecule has 0 aromatic rings. The zero-order valence-electron chi connectivity index (χ0n) is 6.75. The fourth-order valence-electron chi connectivity index (χ4n) is 1.78. The van der Waals surface area contributed by atoms with Crippen LogP contribution in [0.1, 0.15) is 32.1 Å². The van der Waals surface area contributed by atoms with E-state index in [1.54, 1.807) is 0 Å². The lowest BCUT2D eigenvalue weighted by molar-refractivity contribution is -0.118. The van der Waals surface area contributed by atoms with Crippen LogP contribution in [0, 0.1) is 5.92 Å². The van der Waals surface area contributed by atoms with Gasteiger partial charge in [0.2, 0.25) is 5.91 Å². The summed E-state index contributed by atoms with van der Waals surface area (Å²) in [4.78, 5) is 10.5. The van der Waals surface area contributed by atoms with Crippen LogP contribution in [0.4, 0.5) is 0 Å². The first-order chi connectivity index (χ1) is 5.20. The van der Waals surface area contributed by atoms with Crippen LogP contribution < -0.4 is 11.5 Å². The Balaban J connectivity index is 2.28. The van der Waals surface area contributed by atoms with Crippen molar-refractivity contribution in [1.82, 2.24) is 0 Å². The standard InChI is InChI=1S/C8H16N2O/c9-7(5-8(10)11)6-3-1-2-4-6/h6-7H,1-5,9H2,(H2,10,11). The second-order valence-corrected chi connectivity index (χ2v) is 3.38. The Hall–Kier alpha value is -0.570. The van der Waals surface area contributed by atoms with Crippen LogP contribution in [0.5, 0.6) is 0 Å². The maximum absolute atomic E-state index is 10.5. The summed E-state index contributed by atoms with van der Waals surface area (Å²) < 4.78 is 0. The van der Waals surface area contributed by atoms with Gasteiger partial charge in [-0.05, 0) is 18.8 Å². The van der Waals surface area contributed by atoms with Crippen molar-refractivity contribution in [2.75, 3.05) is 0 Å². The third kappa shape index (κ3) is 2.50. The fraction of sp³-hybridized carbons (Fsp3) is 0.875. The summed E-state index contributed by atoms with van der Waals surface area (Å²) in [7, 11) is 0. The van der Waals surface area contributed by atoms with E-state index in [0.29, 0.717) is 12.3 Å². The average molecular weight is 156 g/mol. The fourth-order valence-corrected chi connectivity index (χ4v) is 1.78. The molecule has 1 rings (SSSR count). The summed E-state index contributed by atoms with van der Waals surface area (Å²) in [5.74, 6) is 0.270. The number of hydrogen-bond acceptors (Lipinski definition) is 2. The van der Waals surface area contributed by atoms with E-state index in [2.05, 4.69) is 0 Å². The minimum absolute atomic E-state index is 0.00926. The van der Waals surface area contributed by atoms with Crippen molar-refractivity contribution >= 4 is 5.91 Å². The van der Waals surface area contributed by atoms with E-state index < -0.39 is 0 Å². The Labute approximate surface area is 67.1 Å². The highest BCUT2D eigenvalue weighted by Crippen LogP contribution is 2.27. The van der Waals surface area contributed by atoms with Gasteiger partial charge in [0.1, 0.15) is 0 Å². The molecule has 1 amide bonds. The number of carbonyl (C=O) groups excluding carboxylic acids is 1. The molecule has 1 saturated carbocycles. The molecule has 0 saturated heterocycles. The molecule has 0 aromatic carbocycles. The van der Waals surface area contributed by atoms with Gasteiger partial charge >= 0.3 is 0 Å². The third-order valence-electron chi connectivity index (χ3n) is 2.44. The highest BCUT2D eigenvalue weighted by atomic mass is 16.1. The molecule has 0 aromatic heterocycles. The van der Waals surface area contributed by atoms with Crippen molar-refractivity contribution < 1.29 is 4.79 Å². The molecule has 4 N–H and O–H groups in total. The monoisotopic (exact) mass is 156 g/mol. The van der Waals surface area contributed by atoms with E-state index >= 15 is 0 Å². The summed E-state index contributed by atoms with van der Waals surface area (Å²) in [5.41, 5.74) is 10.8. The summed E-state index contributed by atoms with van der Waals surface area (Å²) in [6.07, 6.45) is 5.22. The first-order valence-electron chi connectivity index (χ1n) is 4.24. The second-order valence-electron chi connectivity index (χ2n) is 3.38. The third-order valence-corrected chi connectivity index (χ3v) is 2.44. The second kappa shape index (κ2) is 3.72. The number of hydrogen-bond donors (Lipinski definition) is 2. The molecular formula is C8H16N2O. The van der Waals surface area contributed by atoms with Crippen LogP contribution in [-0.2, 0) is 4.79 Å². The summed E-state index contributed by atoms with van der Waals surface area (Å²) in [6.45, 7) is 0. The Bertz CT molecular complexity index is 141. The van der Waals surface area contributed by atoms with Crippen molar-refractivity contribution in [3.63, 3.8) is 0 Å². The van der Waals surface area contributed by atoms with E-state index in [1.165, 1.54) is 25.7 Å². The number of nitrogens with two attached hydrogens (primary N) is 2. The van der Waals surface area contributed by atoms with E-state index in [9.17, 15) is 4.79 Å². The van der Waals surface area contributed by atoms with E-state index in [4.69, 9.17) is 11.5 Å². The molecule has 0 bridgehead atoms. The SMILES string of the molecule is NC(=O)CC(N)C1CCCC1. The van der Waals surface area contributed by atoms with Gasteiger partial charge in [-0.2, -0.15) is 0 Å². The van der Waals surface area contributed by atoms with Crippen molar-refractivity contribution in [2.24, 2.45) is 17.4 Å². The Morgan fingerprint density at radius 2 is 2.00 bits per heavy atom. The Morgan fingerprint density at radius 3 is 2.45 bits per heavy atom. The molecule has 1 fully saturated rings. The quantitative estimate of drug-likeness (QED) is 0.620. The Kier molecular flexibility index (Phi) is 2.88. The van der Waals surface area contributed by atoms with Crippen LogP contribution in [-0.4, -0.2) is 11.9 Å². The molecule has 0 spiro atoms. The Morgan fingerprint density at radius 1 is 1.45 bits per heavy atom. The maximum atomic E-state index is 10.5. The first-order valence-corrected chi connectivity index (χ1v) is 4.24. The summed E-state index contributed by atoms with van der Waals surface area (Å²) in [6, 6.07) is 0.00926. The zero-order chi connectivity index (χ0) is 8.27. The maximum Gasteiger partial charge on any atom is 0.218 e. The lowest BCUT2D eigenvalue weighted by Gasteiger charge is -2.16. The molecule has 1 aliphatic carbocycles. The molecule has 0 radical (unpaired) electrons. The first kappa shape index (κ1) is 8.53. The summed E-state index contributed by atoms with van der Waals surface area (Å²) in [5, 5.41) is 0. The lowest BCUT2D eigenvalue weighted by atomic mass is 9.96. The molecule has 11 heavy (non-hydrogen) atoms. The van der Waals surface area contributed by atoms with Crippen molar-refractivity contribution in [3.8, 4) is 0 Å². The van der Waals surface area contributed by atoms with Gasteiger partial charge in [-0.3, -0.25) is 4.79 Å². The molecular weight excluding hydrogens is 140 g/mol. The number of amides is 1. The van der Waals surface area contributed by atoms with E-state index in [-0.39, 0.29) is 11.9 Å². The number of carbonyl (C=O) groups is 1. The minimum Gasteiger partial charge on any atom is -0.370 e. The van der Waals surface area contributed by atoms with E-state index in [1.807, 2.05) is 0 Å². The molecule has 64 valence electrons.